The number of aromatic amines is 1. The molecule has 5 nitrogen and oxygen atoms in total. The van der Waals surface area contributed by atoms with Gasteiger partial charge in [0.15, 0.2) is 0 Å². The van der Waals surface area contributed by atoms with Crippen molar-refractivity contribution < 1.29 is 9.84 Å². The van der Waals surface area contributed by atoms with E-state index in [1.54, 1.807) is 0 Å². The highest BCUT2D eigenvalue weighted by Crippen LogP contribution is 2.23. The van der Waals surface area contributed by atoms with Crippen LogP contribution in [-0.4, -0.2) is 28.5 Å². The van der Waals surface area contributed by atoms with Crippen molar-refractivity contribution in [3.8, 4) is 17.0 Å². The highest BCUT2D eigenvalue weighted by molar-refractivity contribution is 5.63. The van der Waals surface area contributed by atoms with Crippen LogP contribution in [0.25, 0.3) is 11.3 Å². The zero-order chi connectivity index (χ0) is 16.8. The monoisotopic (exact) mass is 323 g/mol. The summed E-state index contributed by atoms with van der Waals surface area (Å²) in [4.78, 5) is 0. The number of hydrogen-bond acceptors (Lipinski definition) is 4. The van der Waals surface area contributed by atoms with E-state index in [-0.39, 0.29) is 6.61 Å². The summed E-state index contributed by atoms with van der Waals surface area (Å²) in [6, 6.07) is 16.1. The van der Waals surface area contributed by atoms with E-state index in [9.17, 15) is 0 Å². The molecule has 0 spiro atoms. The number of aryl methyl sites for hydroxylation is 1. The number of nitrogens with one attached hydrogen (secondary N) is 2. The lowest BCUT2D eigenvalue weighted by molar-refractivity contribution is 0.201. The average Bonchev–Trinajstić information content (AvgIpc) is 3.08. The molecule has 0 aliphatic carbocycles. The molecule has 1 aromatic heterocycles. The van der Waals surface area contributed by atoms with Crippen molar-refractivity contribution in [3.63, 3.8) is 0 Å². The van der Waals surface area contributed by atoms with Crippen LogP contribution in [0.5, 0.6) is 5.75 Å². The molecule has 0 radical (unpaired) electrons. The van der Waals surface area contributed by atoms with Crippen LogP contribution in [0, 0.1) is 6.92 Å². The Bertz CT molecular complexity index is 764. The Morgan fingerprint density at radius 3 is 2.54 bits per heavy atom. The lowest BCUT2D eigenvalue weighted by Gasteiger charge is -2.09. The van der Waals surface area contributed by atoms with E-state index in [0.29, 0.717) is 13.2 Å². The third-order valence-electron chi connectivity index (χ3n) is 3.76. The Balaban J connectivity index is 1.65. The fourth-order valence-electron chi connectivity index (χ4n) is 2.45. The quantitative estimate of drug-likeness (QED) is 0.623. The van der Waals surface area contributed by atoms with E-state index in [1.165, 1.54) is 5.56 Å². The smallest absolute Gasteiger partial charge is 0.119 e. The number of H-pyrrole nitrogens is 1. The molecule has 24 heavy (non-hydrogen) atoms. The molecule has 0 saturated heterocycles. The van der Waals surface area contributed by atoms with Gasteiger partial charge in [0.05, 0.1) is 18.5 Å². The Morgan fingerprint density at radius 1 is 1.08 bits per heavy atom. The van der Waals surface area contributed by atoms with Gasteiger partial charge in [-0.05, 0) is 36.8 Å². The first-order chi connectivity index (χ1) is 11.8. The van der Waals surface area contributed by atoms with E-state index in [0.717, 1.165) is 28.3 Å². The van der Waals surface area contributed by atoms with Gasteiger partial charge in [-0.2, -0.15) is 5.10 Å². The SMILES string of the molecule is Cc1ccc(-c2[nH]ncc2CNc2ccc(OCCO)cc2)cc1. The Kier molecular flexibility index (Phi) is 5.13. The van der Waals surface area contributed by atoms with Crippen LogP contribution in [-0.2, 0) is 6.54 Å². The fourth-order valence-corrected chi connectivity index (χ4v) is 2.45. The predicted molar refractivity (Wildman–Crippen MR) is 95.1 cm³/mol. The number of aliphatic hydroxyl groups excluding tert-OH is 1. The largest absolute Gasteiger partial charge is 0.491 e. The summed E-state index contributed by atoms with van der Waals surface area (Å²) >= 11 is 0. The maximum atomic E-state index is 8.76. The molecular weight excluding hydrogens is 302 g/mol. The summed E-state index contributed by atoms with van der Waals surface area (Å²) in [6.45, 7) is 3.08. The molecular formula is C19H21N3O2. The van der Waals surface area contributed by atoms with Crippen LogP contribution >= 0.6 is 0 Å². The van der Waals surface area contributed by atoms with Gasteiger partial charge in [0.25, 0.3) is 0 Å². The van der Waals surface area contributed by atoms with Crippen molar-refractivity contribution in [3.05, 3.63) is 65.9 Å². The third-order valence-corrected chi connectivity index (χ3v) is 3.76. The van der Waals surface area contributed by atoms with Crippen LogP contribution in [0.2, 0.25) is 0 Å². The first kappa shape index (κ1) is 16.1. The maximum Gasteiger partial charge on any atom is 0.119 e. The molecule has 3 N–H and O–H groups in total. The number of anilines is 1. The van der Waals surface area contributed by atoms with E-state index in [1.807, 2.05) is 30.5 Å². The van der Waals surface area contributed by atoms with E-state index >= 15 is 0 Å². The van der Waals surface area contributed by atoms with Crippen molar-refractivity contribution in [2.75, 3.05) is 18.5 Å². The second-order valence-corrected chi connectivity index (χ2v) is 5.59. The lowest BCUT2D eigenvalue weighted by Crippen LogP contribution is -2.02. The number of benzene rings is 2. The molecule has 0 aliphatic rings. The van der Waals surface area contributed by atoms with E-state index < -0.39 is 0 Å². The standard InChI is InChI=1S/C19H21N3O2/c1-14-2-4-15(5-3-14)19-16(13-21-22-19)12-20-17-6-8-18(9-7-17)24-11-10-23/h2-9,13,20,23H,10-12H2,1H3,(H,21,22). The van der Waals surface area contributed by atoms with E-state index in [2.05, 4.69) is 46.7 Å². The molecule has 124 valence electrons. The van der Waals surface area contributed by atoms with Gasteiger partial charge in [-0.25, -0.2) is 0 Å². The summed E-state index contributed by atoms with van der Waals surface area (Å²) in [6.07, 6.45) is 1.85. The molecule has 0 saturated carbocycles. The van der Waals surface area contributed by atoms with Crippen molar-refractivity contribution >= 4 is 5.69 Å². The Morgan fingerprint density at radius 2 is 1.83 bits per heavy atom. The highest BCUT2D eigenvalue weighted by Gasteiger charge is 2.07. The van der Waals surface area contributed by atoms with Crippen LogP contribution in [0.4, 0.5) is 5.69 Å². The van der Waals surface area contributed by atoms with Gasteiger partial charge < -0.3 is 15.2 Å². The van der Waals surface area contributed by atoms with Gasteiger partial charge in [-0.15, -0.1) is 0 Å². The predicted octanol–water partition coefficient (Wildman–Crippen LogP) is 3.37. The summed E-state index contributed by atoms with van der Waals surface area (Å²) in [5, 5.41) is 19.4. The van der Waals surface area contributed by atoms with Crippen LogP contribution in [0.15, 0.2) is 54.7 Å². The lowest BCUT2D eigenvalue weighted by atomic mass is 10.1. The number of nitrogens with zero attached hydrogens (tertiary/aromatic N) is 1. The minimum Gasteiger partial charge on any atom is -0.491 e. The molecule has 0 atom stereocenters. The molecule has 3 rings (SSSR count). The second kappa shape index (κ2) is 7.66. The van der Waals surface area contributed by atoms with Gasteiger partial charge in [-0.3, -0.25) is 5.10 Å². The first-order valence-corrected chi connectivity index (χ1v) is 7.93. The molecule has 1 heterocycles. The third kappa shape index (κ3) is 3.94. The molecule has 2 aromatic carbocycles. The second-order valence-electron chi connectivity index (χ2n) is 5.59. The number of ether oxygens (including phenoxy) is 1. The van der Waals surface area contributed by atoms with Gasteiger partial charge in [-0.1, -0.05) is 29.8 Å². The molecule has 0 amide bonds. The van der Waals surface area contributed by atoms with Crippen LogP contribution < -0.4 is 10.1 Å². The van der Waals surface area contributed by atoms with Crippen LogP contribution in [0.3, 0.4) is 0 Å². The van der Waals surface area contributed by atoms with Crippen LogP contribution in [0.1, 0.15) is 11.1 Å². The minimum atomic E-state index is 0.0161. The first-order valence-electron chi connectivity index (χ1n) is 7.93. The van der Waals surface area contributed by atoms with Gasteiger partial charge in [0.1, 0.15) is 12.4 Å². The van der Waals surface area contributed by atoms with Crippen molar-refractivity contribution in [2.45, 2.75) is 13.5 Å². The summed E-state index contributed by atoms with van der Waals surface area (Å²) < 4.78 is 5.35. The minimum absolute atomic E-state index is 0.0161. The van der Waals surface area contributed by atoms with Crippen molar-refractivity contribution in [1.82, 2.24) is 10.2 Å². The topological polar surface area (TPSA) is 70.2 Å². The molecule has 0 unspecified atom stereocenters. The number of aromatic nitrogens is 2. The summed E-state index contributed by atoms with van der Waals surface area (Å²) in [5.74, 6) is 0.748. The van der Waals surface area contributed by atoms with Crippen molar-refractivity contribution in [1.29, 1.82) is 0 Å². The molecule has 0 bridgehead atoms. The summed E-state index contributed by atoms with van der Waals surface area (Å²) in [5.41, 5.74) is 5.51. The van der Waals surface area contributed by atoms with Crippen molar-refractivity contribution in [2.24, 2.45) is 0 Å². The van der Waals surface area contributed by atoms with E-state index in [4.69, 9.17) is 9.84 Å². The average molecular weight is 323 g/mol. The Labute approximate surface area is 141 Å². The van der Waals surface area contributed by atoms with Gasteiger partial charge in [0.2, 0.25) is 0 Å². The van der Waals surface area contributed by atoms with Gasteiger partial charge in [0, 0.05) is 17.8 Å². The number of aliphatic hydroxyl groups is 1. The number of hydrogen-bond donors (Lipinski definition) is 3. The molecule has 0 fully saturated rings. The maximum absolute atomic E-state index is 8.76. The zero-order valence-corrected chi connectivity index (χ0v) is 13.6. The number of rotatable bonds is 7. The fraction of sp³-hybridized carbons (Fsp3) is 0.211. The van der Waals surface area contributed by atoms with Gasteiger partial charge >= 0.3 is 0 Å². The highest BCUT2D eigenvalue weighted by atomic mass is 16.5. The molecule has 0 aliphatic heterocycles. The normalized spacial score (nSPS) is 10.6. The summed E-state index contributed by atoms with van der Waals surface area (Å²) in [7, 11) is 0. The molecule has 3 aromatic rings. The zero-order valence-electron chi connectivity index (χ0n) is 13.6. The molecule has 5 heteroatoms. The Hall–Kier alpha value is -2.79.